The van der Waals surface area contributed by atoms with E-state index in [2.05, 4.69) is 13.5 Å². The van der Waals surface area contributed by atoms with Crippen molar-refractivity contribution in [2.75, 3.05) is 6.61 Å². The summed E-state index contributed by atoms with van der Waals surface area (Å²) in [5.41, 5.74) is 0. The Labute approximate surface area is 110 Å². The first-order valence-electron chi connectivity index (χ1n) is 7.52. The first-order chi connectivity index (χ1) is 8.72. The van der Waals surface area contributed by atoms with Crippen LogP contribution in [0.4, 0.5) is 0 Å². The molecular weight excluding hydrogens is 224 g/mol. The van der Waals surface area contributed by atoms with E-state index in [9.17, 15) is 4.79 Å². The molecule has 0 N–H and O–H groups in total. The predicted molar refractivity (Wildman–Crippen MR) is 70.9 cm³/mol. The maximum atomic E-state index is 11.2. The minimum Gasteiger partial charge on any atom is -0.462 e. The molecule has 3 fully saturated rings. The van der Waals surface area contributed by atoms with E-state index in [1.165, 1.54) is 38.2 Å². The molecule has 0 aromatic carbocycles. The zero-order valence-electron chi connectivity index (χ0n) is 11.3. The lowest BCUT2D eigenvalue weighted by molar-refractivity contribution is -0.139. The molecule has 6 atom stereocenters. The van der Waals surface area contributed by atoms with Gasteiger partial charge >= 0.3 is 5.97 Å². The van der Waals surface area contributed by atoms with E-state index in [4.69, 9.17) is 4.74 Å². The summed E-state index contributed by atoms with van der Waals surface area (Å²) in [6.07, 6.45) is 8.24. The molecule has 0 aromatic heterocycles. The molecule has 2 bridgehead atoms. The zero-order valence-corrected chi connectivity index (χ0v) is 11.3. The minimum atomic E-state index is -0.257. The normalized spacial score (nSPS) is 44.9. The van der Waals surface area contributed by atoms with Gasteiger partial charge in [0.15, 0.2) is 0 Å². The second-order valence-electron chi connectivity index (χ2n) is 6.56. The fourth-order valence-corrected chi connectivity index (χ4v) is 5.10. The Morgan fingerprint density at radius 1 is 1.22 bits per heavy atom. The van der Waals surface area contributed by atoms with Crippen LogP contribution in [0, 0.1) is 35.5 Å². The van der Waals surface area contributed by atoms with Crippen molar-refractivity contribution in [2.45, 2.75) is 39.0 Å². The Kier molecular flexibility index (Phi) is 3.21. The summed E-state index contributed by atoms with van der Waals surface area (Å²) < 4.78 is 5.27. The second kappa shape index (κ2) is 4.71. The number of carbonyl (C=O) groups is 1. The van der Waals surface area contributed by atoms with Crippen molar-refractivity contribution in [1.29, 1.82) is 0 Å². The summed E-state index contributed by atoms with van der Waals surface area (Å²) in [4.78, 5) is 11.2. The fourth-order valence-electron chi connectivity index (χ4n) is 5.10. The van der Waals surface area contributed by atoms with Crippen LogP contribution in [0.5, 0.6) is 0 Å². The van der Waals surface area contributed by atoms with Gasteiger partial charge in [0.05, 0.1) is 6.61 Å². The molecule has 3 aliphatic rings. The summed E-state index contributed by atoms with van der Waals surface area (Å²) in [5.74, 6) is 5.08. The maximum absolute atomic E-state index is 11.2. The molecule has 0 aromatic rings. The smallest absolute Gasteiger partial charge is 0.330 e. The molecule has 0 spiro atoms. The van der Waals surface area contributed by atoms with Gasteiger partial charge in [0.2, 0.25) is 0 Å². The van der Waals surface area contributed by atoms with Gasteiger partial charge in [-0.2, -0.15) is 0 Å². The summed E-state index contributed by atoms with van der Waals surface area (Å²) in [6.45, 7) is 6.41. The monoisotopic (exact) mass is 248 g/mol. The lowest BCUT2D eigenvalue weighted by Crippen LogP contribution is -2.28. The predicted octanol–water partition coefficient (Wildman–Crippen LogP) is 3.42. The molecule has 3 rings (SSSR count). The van der Waals surface area contributed by atoms with Crippen molar-refractivity contribution >= 4 is 5.97 Å². The van der Waals surface area contributed by atoms with Crippen molar-refractivity contribution < 1.29 is 9.53 Å². The lowest BCUT2D eigenvalue weighted by atomic mass is 9.76. The molecule has 2 heteroatoms. The SMILES string of the molecule is C=CC(=O)OCC1CC2CC1C1CC(CC)CC21. The summed E-state index contributed by atoms with van der Waals surface area (Å²) in [7, 11) is 0. The van der Waals surface area contributed by atoms with Crippen LogP contribution < -0.4 is 0 Å². The van der Waals surface area contributed by atoms with Gasteiger partial charge in [-0.15, -0.1) is 0 Å². The topological polar surface area (TPSA) is 26.3 Å². The van der Waals surface area contributed by atoms with Gasteiger partial charge in [0.1, 0.15) is 0 Å². The van der Waals surface area contributed by atoms with Gasteiger partial charge in [0, 0.05) is 6.08 Å². The van der Waals surface area contributed by atoms with Crippen LogP contribution in [0.15, 0.2) is 12.7 Å². The number of fused-ring (bicyclic) bond motifs is 5. The third-order valence-corrected chi connectivity index (χ3v) is 5.89. The third kappa shape index (κ3) is 1.90. The molecule has 100 valence electrons. The largest absolute Gasteiger partial charge is 0.462 e. The van der Waals surface area contributed by atoms with Gasteiger partial charge in [-0.3, -0.25) is 0 Å². The van der Waals surface area contributed by atoms with Gasteiger partial charge in [0.25, 0.3) is 0 Å². The minimum absolute atomic E-state index is 0.257. The first kappa shape index (κ1) is 12.3. The summed E-state index contributed by atoms with van der Waals surface area (Å²) >= 11 is 0. The highest BCUT2D eigenvalue weighted by atomic mass is 16.5. The quantitative estimate of drug-likeness (QED) is 0.563. The van der Waals surface area contributed by atoms with Crippen LogP contribution in [-0.2, 0) is 9.53 Å². The molecule has 0 heterocycles. The Morgan fingerprint density at radius 2 is 2.00 bits per heavy atom. The number of hydrogen-bond donors (Lipinski definition) is 0. The molecule has 0 saturated heterocycles. The van der Waals surface area contributed by atoms with E-state index in [-0.39, 0.29) is 5.97 Å². The standard InChI is InChI=1S/C16H24O2/c1-3-10-5-13-11-7-12(9-18-16(17)4-2)14(8-11)15(13)6-10/h4,10-15H,2-3,5-9H2,1H3. The molecule has 18 heavy (non-hydrogen) atoms. The third-order valence-electron chi connectivity index (χ3n) is 5.89. The lowest BCUT2D eigenvalue weighted by Gasteiger charge is -2.31. The van der Waals surface area contributed by atoms with Crippen LogP contribution in [0.25, 0.3) is 0 Å². The molecule has 0 amide bonds. The maximum Gasteiger partial charge on any atom is 0.330 e. The Bertz CT molecular complexity index is 349. The van der Waals surface area contributed by atoms with E-state index >= 15 is 0 Å². The van der Waals surface area contributed by atoms with E-state index < -0.39 is 0 Å². The van der Waals surface area contributed by atoms with E-state index in [1.54, 1.807) is 0 Å². The van der Waals surface area contributed by atoms with E-state index in [0.717, 1.165) is 29.6 Å². The van der Waals surface area contributed by atoms with E-state index in [1.807, 2.05) is 0 Å². The van der Waals surface area contributed by atoms with E-state index in [0.29, 0.717) is 12.5 Å². The van der Waals surface area contributed by atoms with Crippen molar-refractivity contribution in [3.05, 3.63) is 12.7 Å². The molecule has 6 unspecified atom stereocenters. The van der Waals surface area contributed by atoms with Crippen LogP contribution >= 0.6 is 0 Å². The van der Waals surface area contributed by atoms with Crippen LogP contribution in [-0.4, -0.2) is 12.6 Å². The Balaban J connectivity index is 1.59. The Hall–Kier alpha value is -0.790. The number of esters is 1. The average Bonchev–Trinajstić information content (AvgIpc) is 3.05. The van der Waals surface area contributed by atoms with Crippen LogP contribution in [0.1, 0.15) is 39.0 Å². The average molecular weight is 248 g/mol. The van der Waals surface area contributed by atoms with Crippen molar-refractivity contribution in [3.8, 4) is 0 Å². The fraction of sp³-hybridized carbons (Fsp3) is 0.812. The highest BCUT2D eigenvalue weighted by Gasteiger charge is 2.55. The second-order valence-corrected chi connectivity index (χ2v) is 6.56. The van der Waals surface area contributed by atoms with Crippen molar-refractivity contribution in [3.63, 3.8) is 0 Å². The molecule has 3 aliphatic carbocycles. The summed E-state index contributed by atoms with van der Waals surface area (Å²) in [5, 5.41) is 0. The highest BCUT2D eigenvalue weighted by molar-refractivity contribution is 5.81. The van der Waals surface area contributed by atoms with Gasteiger partial charge < -0.3 is 4.74 Å². The van der Waals surface area contributed by atoms with Crippen LogP contribution in [0.3, 0.4) is 0 Å². The van der Waals surface area contributed by atoms with Gasteiger partial charge in [-0.05, 0) is 61.2 Å². The first-order valence-corrected chi connectivity index (χ1v) is 7.52. The number of hydrogen-bond acceptors (Lipinski definition) is 2. The summed E-state index contributed by atoms with van der Waals surface area (Å²) in [6, 6.07) is 0. The van der Waals surface area contributed by atoms with Crippen molar-refractivity contribution in [1.82, 2.24) is 0 Å². The molecule has 0 aliphatic heterocycles. The molecule has 3 saturated carbocycles. The number of carbonyl (C=O) groups excluding carboxylic acids is 1. The zero-order chi connectivity index (χ0) is 12.7. The molecule has 2 nitrogen and oxygen atoms in total. The van der Waals surface area contributed by atoms with Crippen molar-refractivity contribution in [2.24, 2.45) is 35.5 Å². The molecular formula is C16H24O2. The number of rotatable bonds is 4. The number of ether oxygens (including phenoxy) is 1. The Morgan fingerprint density at radius 3 is 2.72 bits per heavy atom. The highest BCUT2D eigenvalue weighted by Crippen LogP contribution is 2.62. The van der Waals surface area contributed by atoms with Gasteiger partial charge in [-0.1, -0.05) is 19.9 Å². The van der Waals surface area contributed by atoms with Crippen LogP contribution in [0.2, 0.25) is 0 Å². The van der Waals surface area contributed by atoms with Gasteiger partial charge in [-0.25, -0.2) is 4.79 Å². The molecule has 0 radical (unpaired) electrons.